The molecule has 0 aromatic heterocycles. The number of amides is 1. The van der Waals surface area contributed by atoms with Crippen LogP contribution < -0.4 is 5.32 Å². The van der Waals surface area contributed by atoms with E-state index in [4.69, 9.17) is 0 Å². The van der Waals surface area contributed by atoms with E-state index in [0.29, 0.717) is 24.3 Å². The second-order valence-electron chi connectivity index (χ2n) is 4.92. The van der Waals surface area contributed by atoms with E-state index in [9.17, 15) is 4.79 Å². The normalized spacial score (nSPS) is 25.8. The van der Waals surface area contributed by atoms with Gasteiger partial charge in [0.15, 0.2) is 0 Å². The molecule has 0 radical (unpaired) electrons. The first-order chi connectivity index (χ1) is 7.70. The van der Waals surface area contributed by atoms with Crippen LogP contribution in [0.1, 0.15) is 46.0 Å². The summed E-state index contributed by atoms with van der Waals surface area (Å²) < 4.78 is 0. The highest BCUT2D eigenvalue weighted by Gasteiger charge is 2.30. The van der Waals surface area contributed by atoms with Gasteiger partial charge in [-0.2, -0.15) is 0 Å². The summed E-state index contributed by atoms with van der Waals surface area (Å²) in [6.07, 6.45) is 5.42. The van der Waals surface area contributed by atoms with Gasteiger partial charge in [-0.15, -0.1) is 0 Å². The molecule has 1 heterocycles. The molecule has 0 saturated carbocycles. The second-order valence-corrected chi connectivity index (χ2v) is 4.92. The number of rotatable bonds is 5. The topological polar surface area (TPSA) is 32.3 Å². The molecular weight excluding hydrogens is 200 g/mol. The van der Waals surface area contributed by atoms with Gasteiger partial charge in [-0.1, -0.05) is 20.3 Å². The second kappa shape index (κ2) is 6.89. The number of nitrogens with one attached hydrogen (secondary N) is 1. The third kappa shape index (κ3) is 3.48. The average Bonchev–Trinajstić information content (AvgIpc) is 2.29. The molecule has 2 atom stereocenters. The highest BCUT2D eigenvalue weighted by atomic mass is 16.2. The molecule has 1 rings (SSSR count). The predicted molar refractivity (Wildman–Crippen MR) is 67.4 cm³/mol. The smallest absolute Gasteiger partial charge is 0.224 e. The number of carbonyl (C=O) groups is 1. The van der Waals surface area contributed by atoms with Gasteiger partial charge in [-0.3, -0.25) is 4.79 Å². The molecule has 94 valence electrons. The molecule has 1 fully saturated rings. The van der Waals surface area contributed by atoms with Crippen LogP contribution in [0.5, 0.6) is 0 Å². The summed E-state index contributed by atoms with van der Waals surface area (Å²) in [4.78, 5) is 14.2. The van der Waals surface area contributed by atoms with Gasteiger partial charge in [-0.05, 0) is 32.2 Å². The molecule has 1 aliphatic rings. The molecule has 1 amide bonds. The quantitative estimate of drug-likeness (QED) is 0.778. The van der Waals surface area contributed by atoms with E-state index in [1.807, 2.05) is 7.05 Å². The van der Waals surface area contributed by atoms with Crippen LogP contribution in [0.4, 0.5) is 0 Å². The third-order valence-corrected chi connectivity index (χ3v) is 3.61. The predicted octanol–water partition coefficient (Wildman–Crippen LogP) is 2.02. The maximum absolute atomic E-state index is 12.1. The number of piperidine rings is 1. The van der Waals surface area contributed by atoms with Gasteiger partial charge in [0.2, 0.25) is 5.91 Å². The minimum Gasteiger partial charge on any atom is -0.339 e. The summed E-state index contributed by atoms with van der Waals surface area (Å²) in [5, 5.41) is 3.05. The first-order valence-electron chi connectivity index (χ1n) is 6.64. The monoisotopic (exact) mass is 226 g/mol. The summed E-state index contributed by atoms with van der Waals surface area (Å²) in [5.74, 6) is 1.01. The van der Waals surface area contributed by atoms with Gasteiger partial charge in [0.1, 0.15) is 0 Å². The summed E-state index contributed by atoms with van der Waals surface area (Å²) in [6.45, 7) is 6.26. The Balaban J connectivity index is 2.55. The van der Waals surface area contributed by atoms with Crippen molar-refractivity contribution in [2.24, 2.45) is 5.92 Å². The number of nitrogens with zero attached hydrogens (tertiary/aromatic N) is 1. The number of hydrogen-bond acceptors (Lipinski definition) is 2. The Morgan fingerprint density at radius 3 is 2.88 bits per heavy atom. The van der Waals surface area contributed by atoms with Gasteiger partial charge in [0, 0.05) is 25.6 Å². The number of likely N-dealkylation sites (tertiary alicyclic amines) is 1. The van der Waals surface area contributed by atoms with Crippen molar-refractivity contribution in [2.45, 2.75) is 52.0 Å². The summed E-state index contributed by atoms with van der Waals surface area (Å²) in [7, 11) is 1.90. The molecule has 2 unspecified atom stereocenters. The fourth-order valence-electron chi connectivity index (χ4n) is 2.67. The van der Waals surface area contributed by atoms with Crippen LogP contribution in [-0.4, -0.2) is 37.0 Å². The van der Waals surface area contributed by atoms with Crippen LogP contribution in [0.2, 0.25) is 0 Å². The maximum Gasteiger partial charge on any atom is 0.224 e. The Bertz CT molecular complexity index is 218. The molecular formula is C13H26N2O. The van der Waals surface area contributed by atoms with Crippen molar-refractivity contribution in [3.8, 4) is 0 Å². The maximum atomic E-state index is 12.1. The first-order valence-corrected chi connectivity index (χ1v) is 6.64. The van der Waals surface area contributed by atoms with Crippen molar-refractivity contribution in [3.05, 3.63) is 0 Å². The van der Waals surface area contributed by atoms with Crippen LogP contribution in [0.25, 0.3) is 0 Å². The summed E-state index contributed by atoms with van der Waals surface area (Å²) in [5.41, 5.74) is 0. The molecule has 3 nitrogen and oxygen atoms in total. The molecule has 0 spiro atoms. The molecule has 0 aromatic carbocycles. The van der Waals surface area contributed by atoms with Crippen molar-refractivity contribution in [2.75, 3.05) is 20.1 Å². The van der Waals surface area contributed by atoms with Crippen LogP contribution >= 0.6 is 0 Å². The largest absolute Gasteiger partial charge is 0.339 e. The van der Waals surface area contributed by atoms with Gasteiger partial charge in [-0.25, -0.2) is 0 Å². The Morgan fingerprint density at radius 2 is 2.25 bits per heavy atom. The van der Waals surface area contributed by atoms with E-state index in [1.165, 1.54) is 19.3 Å². The van der Waals surface area contributed by atoms with E-state index < -0.39 is 0 Å². The minimum absolute atomic E-state index is 0.333. The van der Waals surface area contributed by atoms with Crippen molar-refractivity contribution < 1.29 is 4.79 Å². The van der Waals surface area contributed by atoms with Crippen molar-refractivity contribution >= 4 is 5.91 Å². The lowest BCUT2D eigenvalue weighted by Gasteiger charge is -2.40. The number of hydrogen-bond donors (Lipinski definition) is 1. The highest BCUT2D eigenvalue weighted by Crippen LogP contribution is 2.26. The number of carbonyl (C=O) groups excluding carboxylic acids is 1. The average molecular weight is 226 g/mol. The SMILES string of the molecule is CCCC1C(C)CCCN1C(=O)CCNC. The van der Waals surface area contributed by atoms with E-state index in [1.54, 1.807) is 0 Å². The van der Waals surface area contributed by atoms with Crippen LogP contribution in [0.3, 0.4) is 0 Å². The zero-order chi connectivity index (χ0) is 12.0. The molecule has 0 aliphatic carbocycles. The van der Waals surface area contributed by atoms with E-state index in [0.717, 1.165) is 19.5 Å². The summed E-state index contributed by atoms with van der Waals surface area (Å²) >= 11 is 0. The van der Waals surface area contributed by atoms with Gasteiger partial charge >= 0.3 is 0 Å². The molecule has 1 aliphatic heterocycles. The van der Waals surface area contributed by atoms with Crippen molar-refractivity contribution in [3.63, 3.8) is 0 Å². The summed E-state index contributed by atoms with van der Waals surface area (Å²) in [6, 6.07) is 0.489. The van der Waals surface area contributed by atoms with Gasteiger partial charge < -0.3 is 10.2 Å². The standard InChI is InChI=1S/C13H26N2O/c1-4-6-12-11(2)7-5-10-15(12)13(16)8-9-14-3/h11-12,14H,4-10H2,1-3H3. The lowest BCUT2D eigenvalue weighted by atomic mass is 9.88. The van der Waals surface area contributed by atoms with Crippen LogP contribution in [0, 0.1) is 5.92 Å². The van der Waals surface area contributed by atoms with Crippen LogP contribution in [0.15, 0.2) is 0 Å². The molecule has 16 heavy (non-hydrogen) atoms. The fraction of sp³-hybridized carbons (Fsp3) is 0.923. The Kier molecular flexibility index (Phi) is 5.81. The van der Waals surface area contributed by atoms with Crippen LogP contribution in [-0.2, 0) is 4.79 Å². The molecule has 0 aromatic rings. The van der Waals surface area contributed by atoms with Crippen molar-refractivity contribution in [1.29, 1.82) is 0 Å². The first kappa shape index (κ1) is 13.5. The molecule has 1 saturated heterocycles. The van der Waals surface area contributed by atoms with E-state index >= 15 is 0 Å². The Hall–Kier alpha value is -0.570. The third-order valence-electron chi connectivity index (χ3n) is 3.61. The lowest BCUT2D eigenvalue weighted by molar-refractivity contribution is -0.136. The Labute approximate surface area is 99.6 Å². The van der Waals surface area contributed by atoms with E-state index in [2.05, 4.69) is 24.1 Å². The van der Waals surface area contributed by atoms with Gasteiger partial charge in [0.25, 0.3) is 0 Å². The fourth-order valence-corrected chi connectivity index (χ4v) is 2.67. The zero-order valence-corrected chi connectivity index (χ0v) is 11.0. The lowest BCUT2D eigenvalue weighted by Crippen LogP contribution is -2.48. The Morgan fingerprint density at radius 1 is 1.50 bits per heavy atom. The highest BCUT2D eigenvalue weighted by molar-refractivity contribution is 5.76. The molecule has 0 bridgehead atoms. The van der Waals surface area contributed by atoms with Gasteiger partial charge in [0.05, 0.1) is 0 Å². The van der Waals surface area contributed by atoms with Crippen molar-refractivity contribution in [1.82, 2.24) is 10.2 Å². The molecule has 1 N–H and O–H groups in total. The van der Waals surface area contributed by atoms with E-state index in [-0.39, 0.29) is 0 Å². The minimum atomic E-state index is 0.333. The zero-order valence-electron chi connectivity index (χ0n) is 11.0. The molecule has 3 heteroatoms.